The van der Waals surface area contributed by atoms with Gasteiger partial charge >= 0.3 is 0 Å². The maximum atomic E-state index is 6.79. The molecule has 12 aromatic rings. The second kappa shape index (κ2) is 12.7. The van der Waals surface area contributed by atoms with Crippen LogP contribution < -0.4 is 4.90 Å². The van der Waals surface area contributed by atoms with E-state index in [2.05, 4.69) is 213 Å². The van der Waals surface area contributed by atoms with E-state index in [9.17, 15) is 0 Å². The molecule has 1 heterocycles. The first-order valence-corrected chi connectivity index (χ1v) is 21.3. The molecule has 13 rings (SSSR count). The number of fused-ring (bicyclic) bond motifs is 7. The molecule has 0 saturated carbocycles. The zero-order chi connectivity index (χ0) is 40.4. The van der Waals surface area contributed by atoms with Gasteiger partial charge in [-0.15, -0.1) is 0 Å². The predicted octanol–water partition coefficient (Wildman–Crippen LogP) is 16.7. The SMILES string of the molecule is CC1(C)c2ccc(-c3ccc4ccc5c(N(c6ccccc6-c6ccccc6)c6cccc7c6oc6ccccc67)ccc6ccc3c4c65)cc2-c2cc3ccccc3cc21. The lowest BCUT2D eigenvalue weighted by atomic mass is 9.81. The van der Waals surface area contributed by atoms with Crippen LogP contribution in [0.2, 0.25) is 0 Å². The fourth-order valence-electron chi connectivity index (χ4n) is 10.7. The van der Waals surface area contributed by atoms with Crippen molar-refractivity contribution < 1.29 is 4.42 Å². The number of para-hydroxylation sites is 3. The van der Waals surface area contributed by atoms with Gasteiger partial charge in [-0.05, 0) is 119 Å². The van der Waals surface area contributed by atoms with Crippen molar-refractivity contribution in [1.29, 1.82) is 0 Å². The van der Waals surface area contributed by atoms with Crippen LogP contribution in [-0.4, -0.2) is 0 Å². The molecule has 0 atom stereocenters. The molecular formula is C59H39NO. The van der Waals surface area contributed by atoms with Crippen LogP contribution >= 0.6 is 0 Å². The third-order valence-corrected chi connectivity index (χ3v) is 13.6. The molecule has 0 N–H and O–H groups in total. The minimum atomic E-state index is -0.0794. The van der Waals surface area contributed by atoms with Gasteiger partial charge in [0.15, 0.2) is 5.58 Å². The van der Waals surface area contributed by atoms with E-state index in [1.807, 2.05) is 6.07 Å². The third-order valence-electron chi connectivity index (χ3n) is 13.6. The van der Waals surface area contributed by atoms with Gasteiger partial charge in [0, 0.05) is 27.1 Å². The maximum Gasteiger partial charge on any atom is 0.159 e. The van der Waals surface area contributed by atoms with Crippen molar-refractivity contribution in [3.63, 3.8) is 0 Å². The quantitative estimate of drug-likeness (QED) is 0.162. The van der Waals surface area contributed by atoms with E-state index < -0.39 is 0 Å². The highest BCUT2D eigenvalue weighted by atomic mass is 16.3. The van der Waals surface area contributed by atoms with Gasteiger partial charge in [-0.3, -0.25) is 0 Å². The van der Waals surface area contributed by atoms with Crippen LogP contribution in [0.5, 0.6) is 0 Å². The maximum absolute atomic E-state index is 6.79. The molecule has 286 valence electrons. The number of nitrogens with zero attached hydrogens (tertiary/aromatic N) is 1. The predicted molar refractivity (Wildman–Crippen MR) is 258 cm³/mol. The first-order chi connectivity index (χ1) is 30.0. The molecule has 0 aliphatic heterocycles. The summed E-state index contributed by atoms with van der Waals surface area (Å²) in [6.45, 7) is 4.74. The van der Waals surface area contributed by atoms with E-state index >= 15 is 0 Å². The molecular weight excluding hydrogens is 739 g/mol. The molecule has 0 amide bonds. The zero-order valence-corrected chi connectivity index (χ0v) is 33.9. The lowest BCUT2D eigenvalue weighted by molar-refractivity contribution is 0.661. The molecule has 1 aliphatic rings. The Labute approximate surface area is 353 Å². The molecule has 0 bridgehead atoms. The highest BCUT2D eigenvalue weighted by molar-refractivity contribution is 6.28. The van der Waals surface area contributed by atoms with Gasteiger partial charge in [0.1, 0.15) is 5.58 Å². The summed E-state index contributed by atoms with van der Waals surface area (Å²) in [5, 5.41) is 12.3. The first-order valence-electron chi connectivity index (χ1n) is 21.3. The molecule has 0 saturated heterocycles. The molecule has 61 heavy (non-hydrogen) atoms. The van der Waals surface area contributed by atoms with Gasteiger partial charge in [-0.2, -0.15) is 0 Å². The normalized spacial score (nSPS) is 13.2. The summed E-state index contributed by atoms with van der Waals surface area (Å²) >= 11 is 0. The average Bonchev–Trinajstić information content (AvgIpc) is 3.80. The number of rotatable bonds is 5. The van der Waals surface area contributed by atoms with Crippen LogP contribution in [0.25, 0.3) is 98.4 Å². The molecule has 2 heteroatoms. The smallest absolute Gasteiger partial charge is 0.159 e. The van der Waals surface area contributed by atoms with E-state index in [0.29, 0.717) is 0 Å². The second-order valence-electron chi connectivity index (χ2n) is 17.2. The summed E-state index contributed by atoms with van der Waals surface area (Å²) in [6.07, 6.45) is 0. The Morgan fingerprint density at radius 2 is 1.02 bits per heavy atom. The summed E-state index contributed by atoms with van der Waals surface area (Å²) in [5.41, 5.74) is 15.1. The van der Waals surface area contributed by atoms with Crippen LogP contribution in [-0.2, 0) is 5.41 Å². The largest absolute Gasteiger partial charge is 0.454 e. The fourth-order valence-corrected chi connectivity index (χ4v) is 10.7. The Morgan fingerprint density at radius 1 is 0.361 bits per heavy atom. The fraction of sp³-hybridized carbons (Fsp3) is 0.0508. The first kappa shape index (κ1) is 34.2. The van der Waals surface area contributed by atoms with Crippen molar-refractivity contribution in [2.75, 3.05) is 4.90 Å². The van der Waals surface area contributed by atoms with E-state index in [-0.39, 0.29) is 5.41 Å². The Morgan fingerprint density at radius 3 is 1.89 bits per heavy atom. The summed E-state index contributed by atoms with van der Waals surface area (Å²) in [6, 6.07) is 73.7. The van der Waals surface area contributed by atoms with Crippen molar-refractivity contribution in [2.45, 2.75) is 19.3 Å². The molecule has 1 aromatic heterocycles. The molecule has 0 unspecified atom stereocenters. The monoisotopic (exact) mass is 777 g/mol. The van der Waals surface area contributed by atoms with Crippen molar-refractivity contribution in [3.05, 3.63) is 211 Å². The van der Waals surface area contributed by atoms with Gasteiger partial charge < -0.3 is 9.32 Å². The highest BCUT2D eigenvalue weighted by Gasteiger charge is 2.36. The Bertz CT molecular complexity index is 3740. The number of benzene rings is 11. The van der Waals surface area contributed by atoms with E-state index in [0.717, 1.165) is 50.1 Å². The Kier molecular flexibility index (Phi) is 7.10. The highest BCUT2D eigenvalue weighted by Crippen LogP contribution is 2.53. The lowest BCUT2D eigenvalue weighted by Crippen LogP contribution is -2.14. The standard InChI is InChI=1S/C59H39NO/c1-59(2)50-31-26-41(34-48(50)49-33-39-15-6-7-16-40(39)35-51(49)59)42-28-23-37-25-30-47-53(32-27-38-24-29-45(42)56(37)57(38)47)60(52-20-10-8-17-43(52)36-13-4-3-5-14-36)54-21-12-19-46-44-18-9-11-22-55(44)61-58(46)54/h3-35H,1-2H3. The Balaban J connectivity index is 1.05. The summed E-state index contributed by atoms with van der Waals surface area (Å²) in [7, 11) is 0. The minimum absolute atomic E-state index is 0.0794. The Hall–Kier alpha value is -7.68. The topological polar surface area (TPSA) is 16.4 Å². The van der Waals surface area contributed by atoms with Crippen molar-refractivity contribution >= 4 is 82.1 Å². The molecule has 0 fully saturated rings. The zero-order valence-electron chi connectivity index (χ0n) is 33.9. The summed E-state index contributed by atoms with van der Waals surface area (Å²) < 4.78 is 6.79. The van der Waals surface area contributed by atoms with Gasteiger partial charge in [-0.1, -0.05) is 172 Å². The van der Waals surface area contributed by atoms with E-state index in [1.165, 1.54) is 76.5 Å². The van der Waals surface area contributed by atoms with Crippen LogP contribution in [0, 0.1) is 0 Å². The van der Waals surface area contributed by atoms with Gasteiger partial charge in [0.25, 0.3) is 0 Å². The molecule has 2 nitrogen and oxygen atoms in total. The van der Waals surface area contributed by atoms with Crippen LogP contribution in [0.1, 0.15) is 25.0 Å². The van der Waals surface area contributed by atoms with Crippen LogP contribution in [0.3, 0.4) is 0 Å². The molecule has 0 radical (unpaired) electrons. The molecule has 1 aliphatic carbocycles. The summed E-state index contributed by atoms with van der Waals surface area (Å²) in [5.74, 6) is 0. The average molecular weight is 778 g/mol. The van der Waals surface area contributed by atoms with E-state index in [4.69, 9.17) is 4.42 Å². The minimum Gasteiger partial charge on any atom is -0.454 e. The number of anilines is 3. The van der Waals surface area contributed by atoms with Gasteiger partial charge in [0.05, 0.1) is 17.1 Å². The lowest BCUT2D eigenvalue weighted by Gasteiger charge is -2.29. The van der Waals surface area contributed by atoms with E-state index in [1.54, 1.807) is 0 Å². The number of hydrogen-bond donors (Lipinski definition) is 0. The number of hydrogen-bond acceptors (Lipinski definition) is 2. The van der Waals surface area contributed by atoms with Crippen LogP contribution in [0.15, 0.2) is 205 Å². The van der Waals surface area contributed by atoms with Crippen LogP contribution in [0.4, 0.5) is 17.1 Å². The summed E-state index contributed by atoms with van der Waals surface area (Å²) in [4.78, 5) is 2.43. The third kappa shape index (κ3) is 4.91. The van der Waals surface area contributed by atoms with Gasteiger partial charge in [0.2, 0.25) is 0 Å². The number of furan rings is 1. The van der Waals surface area contributed by atoms with Crippen molar-refractivity contribution in [2.24, 2.45) is 0 Å². The van der Waals surface area contributed by atoms with Crippen molar-refractivity contribution in [1.82, 2.24) is 0 Å². The molecule has 11 aromatic carbocycles. The second-order valence-corrected chi connectivity index (χ2v) is 17.2. The molecule has 0 spiro atoms. The van der Waals surface area contributed by atoms with Gasteiger partial charge in [-0.25, -0.2) is 0 Å². The van der Waals surface area contributed by atoms with Crippen molar-refractivity contribution in [3.8, 4) is 33.4 Å².